The molecule has 3 heteroatoms. The normalized spacial score (nSPS) is 10.7. The van der Waals surface area contributed by atoms with Gasteiger partial charge in [-0.1, -0.05) is 32.0 Å². The van der Waals surface area contributed by atoms with E-state index in [1.54, 1.807) is 11.3 Å². The summed E-state index contributed by atoms with van der Waals surface area (Å²) in [6.45, 7) is 4.36. The molecule has 1 aromatic carbocycles. The summed E-state index contributed by atoms with van der Waals surface area (Å²) in [7, 11) is 1.86. The van der Waals surface area contributed by atoms with Crippen LogP contribution in [0.15, 0.2) is 18.2 Å². The number of benzene rings is 1. The lowest BCUT2D eigenvalue weighted by atomic mass is 10.0. The van der Waals surface area contributed by atoms with Gasteiger partial charge < -0.3 is 5.32 Å². The summed E-state index contributed by atoms with van der Waals surface area (Å²) in [6, 6.07) is 8.48. The Labute approximate surface area is 99.5 Å². The first kappa shape index (κ1) is 11.0. The maximum Gasteiger partial charge on any atom is 0.107 e. The van der Waals surface area contributed by atoms with Gasteiger partial charge in [-0.25, -0.2) is 0 Å². The van der Waals surface area contributed by atoms with Gasteiger partial charge in [0, 0.05) is 17.1 Å². The van der Waals surface area contributed by atoms with Crippen LogP contribution in [0.4, 0.5) is 5.00 Å². The third-order valence-electron chi connectivity index (χ3n) is 2.71. The van der Waals surface area contributed by atoms with E-state index in [9.17, 15) is 5.26 Å². The Hall–Kier alpha value is -1.53. The SMILES string of the molecule is CNc1sc2c(C(C)C)cccc2c1C#N. The number of nitrogens with zero attached hydrogens (tertiary/aromatic N) is 1. The van der Waals surface area contributed by atoms with Gasteiger partial charge in [0.25, 0.3) is 0 Å². The van der Waals surface area contributed by atoms with Crippen molar-refractivity contribution < 1.29 is 0 Å². The molecule has 0 atom stereocenters. The molecule has 82 valence electrons. The monoisotopic (exact) mass is 230 g/mol. The fraction of sp³-hybridized carbons (Fsp3) is 0.308. The molecule has 1 aromatic heterocycles. The summed E-state index contributed by atoms with van der Waals surface area (Å²) in [5.41, 5.74) is 2.09. The Morgan fingerprint density at radius 3 is 2.69 bits per heavy atom. The largest absolute Gasteiger partial charge is 0.379 e. The first-order valence-electron chi connectivity index (χ1n) is 5.32. The van der Waals surface area contributed by atoms with Crippen LogP contribution < -0.4 is 5.32 Å². The molecule has 2 rings (SSSR count). The highest BCUT2D eigenvalue weighted by Gasteiger charge is 2.14. The second kappa shape index (κ2) is 4.15. The van der Waals surface area contributed by atoms with Crippen molar-refractivity contribution in [3.05, 3.63) is 29.3 Å². The Bertz CT molecular complexity index is 561. The Morgan fingerprint density at radius 1 is 1.38 bits per heavy atom. The highest BCUT2D eigenvalue weighted by Crippen LogP contribution is 2.38. The van der Waals surface area contributed by atoms with Crippen molar-refractivity contribution in [3.63, 3.8) is 0 Å². The molecule has 0 aliphatic rings. The summed E-state index contributed by atoms with van der Waals surface area (Å²) in [5.74, 6) is 0.485. The number of anilines is 1. The first-order valence-corrected chi connectivity index (χ1v) is 6.14. The maximum atomic E-state index is 9.18. The molecule has 0 saturated carbocycles. The second-order valence-electron chi connectivity index (χ2n) is 4.05. The molecule has 0 unspecified atom stereocenters. The molecular formula is C13H14N2S. The average molecular weight is 230 g/mol. The van der Waals surface area contributed by atoms with Gasteiger partial charge in [-0.3, -0.25) is 0 Å². The van der Waals surface area contributed by atoms with Crippen LogP contribution in [0.1, 0.15) is 30.9 Å². The van der Waals surface area contributed by atoms with Crippen LogP contribution in [0, 0.1) is 11.3 Å². The highest BCUT2D eigenvalue weighted by molar-refractivity contribution is 7.23. The lowest BCUT2D eigenvalue weighted by molar-refractivity contribution is 0.878. The van der Waals surface area contributed by atoms with Gasteiger partial charge >= 0.3 is 0 Å². The van der Waals surface area contributed by atoms with Crippen molar-refractivity contribution in [2.24, 2.45) is 0 Å². The molecule has 0 radical (unpaired) electrons. The molecule has 16 heavy (non-hydrogen) atoms. The number of fused-ring (bicyclic) bond motifs is 1. The topological polar surface area (TPSA) is 35.8 Å². The number of hydrogen-bond acceptors (Lipinski definition) is 3. The minimum Gasteiger partial charge on any atom is -0.379 e. The second-order valence-corrected chi connectivity index (χ2v) is 5.07. The van der Waals surface area contributed by atoms with E-state index in [1.807, 2.05) is 19.2 Å². The fourth-order valence-electron chi connectivity index (χ4n) is 1.88. The minimum atomic E-state index is 0.485. The summed E-state index contributed by atoms with van der Waals surface area (Å²) < 4.78 is 1.23. The Balaban J connectivity index is 2.82. The van der Waals surface area contributed by atoms with E-state index >= 15 is 0 Å². The van der Waals surface area contributed by atoms with Crippen molar-refractivity contribution in [2.75, 3.05) is 12.4 Å². The van der Waals surface area contributed by atoms with E-state index < -0.39 is 0 Å². The van der Waals surface area contributed by atoms with Crippen LogP contribution in [-0.4, -0.2) is 7.05 Å². The molecule has 2 nitrogen and oxygen atoms in total. The third kappa shape index (κ3) is 1.56. The molecule has 1 N–H and O–H groups in total. The zero-order valence-corrected chi connectivity index (χ0v) is 10.5. The summed E-state index contributed by atoms with van der Waals surface area (Å²) >= 11 is 1.67. The van der Waals surface area contributed by atoms with Crippen molar-refractivity contribution in [2.45, 2.75) is 19.8 Å². The summed E-state index contributed by atoms with van der Waals surface area (Å²) in [5, 5.41) is 14.3. The Morgan fingerprint density at radius 2 is 2.12 bits per heavy atom. The van der Waals surface area contributed by atoms with Crippen LogP contribution in [-0.2, 0) is 0 Å². The molecule has 0 aliphatic heterocycles. The maximum absolute atomic E-state index is 9.18. The quantitative estimate of drug-likeness (QED) is 0.848. The van der Waals surface area contributed by atoms with E-state index in [0.717, 1.165) is 16.0 Å². The minimum absolute atomic E-state index is 0.485. The first-order chi connectivity index (χ1) is 7.69. The molecule has 0 amide bonds. The van der Waals surface area contributed by atoms with Crippen molar-refractivity contribution in [3.8, 4) is 6.07 Å². The molecule has 0 fully saturated rings. The smallest absolute Gasteiger partial charge is 0.107 e. The zero-order valence-electron chi connectivity index (χ0n) is 9.66. The van der Waals surface area contributed by atoms with Gasteiger partial charge in [0.05, 0.1) is 5.56 Å². The summed E-state index contributed by atoms with van der Waals surface area (Å²) in [4.78, 5) is 0. The zero-order chi connectivity index (χ0) is 11.7. The summed E-state index contributed by atoms with van der Waals surface area (Å²) in [6.07, 6.45) is 0. The van der Waals surface area contributed by atoms with E-state index in [2.05, 4.69) is 31.3 Å². The van der Waals surface area contributed by atoms with Gasteiger partial charge in [0.15, 0.2) is 0 Å². The number of nitrogens with one attached hydrogen (secondary N) is 1. The van der Waals surface area contributed by atoms with Crippen LogP contribution in [0.2, 0.25) is 0 Å². The molecule has 0 saturated heterocycles. The van der Waals surface area contributed by atoms with Gasteiger partial charge in [0.1, 0.15) is 11.1 Å². The van der Waals surface area contributed by atoms with Crippen molar-refractivity contribution in [1.82, 2.24) is 0 Å². The van der Waals surface area contributed by atoms with Crippen LogP contribution in [0.25, 0.3) is 10.1 Å². The van der Waals surface area contributed by atoms with Crippen LogP contribution in [0.3, 0.4) is 0 Å². The van der Waals surface area contributed by atoms with Crippen molar-refractivity contribution >= 4 is 26.4 Å². The molecule has 0 aliphatic carbocycles. The standard InChI is InChI=1S/C13H14N2S/c1-8(2)9-5-4-6-10-11(7-14)13(15-3)16-12(9)10/h4-6,8,15H,1-3H3. The molecule has 0 bridgehead atoms. The molecular weight excluding hydrogens is 216 g/mol. The van der Waals surface area contributed by atoms with E-state index in [4.69, 9.17) is 0 Å². The number of nitriles is 1. The average Bonchev–Trinajstić information content (AvgIpc) is 2.65. The number of thiophene rings is 1. The van der Waals surface area contributed by atoms with E-state index in [-0.39, 0.29) is 0 Å². The lowest BCUT2D eigenvalue weighted by Gasteiger charge is -2.05. The van der Waals surface area contributed by atoms with Crippen molar-refractivity contribution in [1.29, 1.82) is 5.26 Å². The van der Waals surface area contributed by atoms with Crippen LogP contribution in [0.5, 0.6) is 0 Å². The van der Waals surface area contributed by atoms with E-state index in [0.29, 0.717) is 5.92 Å². The fourth-order valence-corrected chi connectivity index (χ4v) is 3.15. The van der Waals surface area contributed by atoms with Gasteiger partial charge in [0.2, 0.25) is 0 Å². The molecule has 1 heterocycles. The van der Waals surface area contributed by atoms with Gasteiger partial charge in [-0.2, -0.15) is 5.26 Å². The predicted molar refractivity (Wildman–Crippen MR) is 70.2 cm³/mol. The van der Waals surface area contributed by atoms with Crippen LogP contribution >= 0.6 is 11.3 Å². The molecule has 2 aromatic rings. The third-order valence-corrected chi connectivity index (χ3v) is 3.98. The molecule has 0 spiro atoms. The lowest BCUT2D eigenvalue weighted by Crippen LogP contribution is -1.87. The van der Waals surface area contributed by atoms with E-state index in [1.165, 1.54) is 10.3 Å². The highest BCUT2D eigenvalue weighted by atomic mass is 32.1. The van der Waals surface area contributed by atoms with Gasteiger partial charge in [-0.05, 0) is 11.5 Å². The Kier molecular flexibility index (Phi) is 2.84. The predicted octanol–water partition coefficient (Wildman–Crippen LogP) is 3.94. The number of hydrogen-bond donors (Lipinski definition) is 1. The number of rotatable bonds is 2. The van der Waals surface area contributed by atoms with Gasteiger partial charge in [-0.15, -0.1) is 11.3 Å².